The van der Waals surface area contributed by atoms with Crippen molar-refractivity contribution in [2.24, 2.45) is 0 Å². The summed E-state index contributed by atoms with van der Waals surface area (Å²) in [6.45, 7) is 2.03. The van der Waals surface area contributed by atoms with Crippen molar-refractivity contribution in [2.75, 3.05) is 5.73 Å². The van der Waals surface area contributed by atoms with Gasteiger partial charge in [-0.05, 0) is 28.1 Å². The number of aromatic nitrogens is 4. The molecule has 5 nitrogen and oxygen atoms in total. The van der Waals surface area contributed by atoms with Gasteiger partial charge in [0.05, 0.1) is 0 Å². The third-order valence-corrected chi connectivity index (χ3v) is 4.28. The lowest BCUT2D eigenvalue weighted by molar-refractivity contribution is 0.838. The molecular formula is C11H10BrN5S. The Balaban J connectivity index is 2.13. The summed E-state index contributed by atoms with van der Waals surface area (Å²) in [5.74, 6) is 0.873. The van der Waals surface area contributed by atoms with Gasteiger partial charge in [0, 0.05) is 22.1 Å². The van der Waals surface area contributed by atoms with Crippen molar-refractivity contribution in [3.8, 4) is 10.6 Å². The van der Waals surface area contributed by atoms with Crippen molar-refractivity contribution in [3.63, 3.8) is 0 Å². The number of nitrogen functional groups attached to an aromatic ring is 1. The van der Waals surface area contributed by atoms with E-state index in [-0.39, 0.29) is 0 Å². The molecule has 92 valence electrons. The molecule has 0 bridgehead atoms. The van der Waals surface area contributed by atoms with Crippen LogP contribution < -0.4 is 5.73 Å². The molecule has 0 atom stereocenters. The molecule has 0 aliphatic rings. The van der Waals surface area contributed by atoms with E-state index in [1.54, 1.807) is 4.52 Å². The second kappa shape index (κ2) is 4.33. The molecule has 0 spiro atoms. The highest BCUT2D eigenvalue weighted by molar-refractivity contribution is 9.10. The second-order valence-corrected chi connectivity index (χ2v) is 5.62. The predicted molar refractivity (Wildman–Crippen MR) is 75.6 cm³/mol. The largest absolute Gasteiger partial charge is 0.398 e. The van der Waals surface area contributed by atoms with Crippen LogP contribution in [-0.2, 0) is 6.42 Å². The molecule has 0 saturated heterocycles. The Bertz CT molecular complexity index is 717. The van der Waals surface area contributed by atoms with E-state index in [0.717, 1.165) is 32.2 Å². The van der Waals surface area contributed by atoms with Gasteiger partial charge in [-0.2, -0.15) is 9.61 Å². The molecule has 0 unspecified atom stereocenters. The molecule has 2 N–H and O–H groups in total. The van der Waals surface area contributed by atoms with Crippen molar-refractivity contribution in [3.05, 3.63) is 28.5 Å². The maximum absolute atomic E-state index is 5.88. The number of benzene rings is 1. The minimum Gasteiger partial charge on any atom is -0.398 e. The highest BCUT2D eigenvalue weighted by Crippen LogP contribution is 2.30. The van der Waals surface area contributed by atoms with Gasteiger partial charge in [0.15, 0.2) is 5.82 Å². The van der Waals surface area contributed by atoms with Gasteiger partial charge in [-0.1, -0.05) is 24.3 Å². The fourth-order valence-electron chi connectivity index (χ4n) is 1.67. The highest BCUT2D eigenvalue weighted by Gasteiger charge is 2.12. The Hall–Kier alpha value is -1.47. The van der Waals surface area contributed by atoms with E-state index in [4.69, 9.17) is 5.73 Å². The van der Waals surface area contributed by atoms with Gasteiger partial charge in [0.25, 0.3) is 0 Å². The van der Waals surface area contributed by atoms with Crippen LogP contribution in [0.4, 0.5) is 5.69 Å². The van der Waals surface area contributed by atoms with Crippen molar-refractivity contribution in [1.82, 2.24) is 19.8 Å². The number of hydrogen-bond acceptors (Lipinski definition) is 5. The first-order valence-electron chi connectivity index (χ1n) is 5.45. The van der Waals surface area contributed by atoms with Gasteiger partial charge in [0.1, 0.15) is 5.01 Å². The first-order valence-corrected chi connectivity index (χ1v) is 7.06. The second-order valence-electron chi connectivity index (χ2n) is 3.81. The summed E-state index contributed by atoms with van der Waals surface area (Å²) in [5.41, 5.74) is 7.58. The van der Waals surface area contributed by atoms with Crippen molar-refractivity contribution in [2.45, 2.75) is 13.3 Å². The molecule has 2 aromatic heterocycles. The zero-order valence-corrected chi connectivity index (χ0v) is 12.0. The van der Waals surface area contributed by atoms with Crippen LogP contribution in [-0.4, -0.2) is 19.8 Å². The third kappa shape index (κ3) is 1.79. The quantitative estimate of drug-likeness (QED) is 0.736. The third-order valence-electron chi connectivity index (χ3n) is 2.61. The molecule has 3 rings (SSSR count). The zero-order chi connectivity index (χ0) is 12.7. The molecule has 0 saturated carbocycles. The summed E-state index contributed by atoms with van der Waals surface area (Å²) in [7, 11) is 0. The molecule has 18 heavy (non-hydrogen) atoms. The number of rotatable bonds is 2. The lowest BCUT2D eigenvalue weighted by Gasteiger charge is -2.00. The van der Waals surface area contributed by atoms with Crippen molar-refractivity contribution in [1.29, 1.82) is 0 Å². The van der Waals surface area contributed by atoms with E-state index in [1.807, 2.05) is 25.1 Å². The van der Waals surface area contributed by atoms with Gasteiger partial charge in [-0.25, -0.2) is 0 Å². The summed E-state index contributed by atoms with van der Waals surface area (Å²) in [4.78, 5) is 0.809. The molecule has 0 radical (unpaired) electrons. The highest BCUT2D eigenvalue weighted by atomic mass is 79.9. The fraction of sp³-hybridized carbons (Fsp3) is 0.182. The summed E-state index contributed by atoms with van der Waals surface area (Å²) in [5, 5.41) is 13.6. The topological polar surface area (TPSA) is 69.1 Å². The number of nitrogens with zero attached hydrogens (tertiary/aromatic N) is 4. The van der Waals surface area contributed by atoms with E-state index >= 15 is 0 Å². The van der Waals surface area contributed by atoms with Gasteiger partial charge >= 0.3 is 0 Å². The molecule has 0 fully saturated rings. The summed E-state index contributed by atoms with van der Waals surface area (Å²) >= 11 is 4.89. The number of anilines is 1. The van der Waals surface area contributed by atoms with Gasteiger partial charge in [-0.3, -0.25) is 0 Å². The first-order chi connectivity index (χ1) is 8.69. The van der Waals surface area contributed by atoms with Crippen molar-refractivity contribution >= 4 is 37.9 Å². The van der Waals surface area contributed by atoms with E-state index < -0.39 is 0 Å². The summed E-state index contributed by atoms with van der Waals surface area (Å²) in [6, 6.07) is 5.81. The molecule has 2 heterocycles. The Morgan fingerprint density at radius 1 is 1.39 bits per heavy atom. The molecule has 0 amide bonds. The lowest BCUT2D eigenvalue weighted by Crippen LogP contribution is -1.93. The van der Waals surface area contributed by atoms with Crippen LogP contribution in [0, 0.1) is 0 Å². The van der Waals surface area contributed by atoms with Crippen LogP contribution >= 0.6 is 27.3 Å². The van der Waals surface area contributed by atoms with Crippen LogP contribution in [0.3, 0.4) is 0 Å². The Labute approximate surface area is 116 Å². The zero-order valence-electron chi connectivity index (χ0n) is 9.59. The predicted octanol–water partition coefficient (Wildman–Crippen LogP) is 2.76. The molecular weight excluding hydrogens is 314 g/mol. The summed E-state index contributed by atoms with van der Waals surface area (Å²) < 4.78 is 2.68. The number of hydrogen-bond donors (Lipinski definition) is 1. The normalized spacial score (nSPS) is 11.2. The number of halogens is 1. The average Bonchev–Trinajstić information content (AvgIpc) is 2.92. The SMILES string of the molecule is CCc1nnc2sc(-c3ccc(Br)c(N)c3)nn12. The van der Waals surface area contributed by atoms with E-state index in [0.29, 0.717) is 5.69 Å². The van der Waals surface area contributed by atoms with E-state index in [9.17, 15) is 0 Å². The minimum absolute atomic E-state index is 0.703. The molecule has 3 aromatic rings. The number of fused-ring (bicyclic) bond motifs is 1. The minimum atomic E-state index is 0.703. The standard InChI is InChI=1S/C11H10BrN5S/c1-2-9-14-15-11-17(9)16-10(18-11)6-3-4-7(12)8(13)5-6/h3-5H,2,13H2,1H3. The van der Waals surface area contributed by atoms with E-state index in [1.165, 1.54) is 11.3 Å². The van der Waals surface area contributed by atoms with Crippen LogP contribution in [0.2, 0.25) is 0 Å². The van der Waals surface area contributed by atoms with Crippen molar-refractivity contribution < 1.29 is 0 Å². The molecule has 1 aromatic carbocycles. The Morgan fingerprint density at radius 3 is 2.94 bits per heavy atom. The Morgan fingerprint density at radius 2 is 2.22 bits per heavy atom. The van der Waals surface area contributed by atoms with Crippen LogP contribution in [0.25, 0.3) is 15.5 Å². The first kappa shape index (κ1) is 11.6. The van der Waals surface area contributed by atoms with Crippen LogP contribution in [0.1, 0.15) is 12.7 Å². The maximum Gasteiger partial charge on any atom is 0.234 e. The molecule has 0 aliphatic heterocycles. The van der Waals surface area contributed by atoms with E-state index in [2.05, 4.69) is 31.2 Å². The number of aryl methyl sites for hydroxylation is 1. The fourth-order valence-corrected chi connectivity index (χ4v) is 2.77. The summed E-state index contributed by atoms with van der Waals surface area (Å²) in [6.07, 6.45) is 0.812. The molecule has 0 aliphatic carbocycles. The van der Waals surface area contributed by atoms with Gasteiger partial charge in [-0.15, -0.1) is 10.2 Å². The Kier molecular flexibility index (Phi) is 2.79. The van der Waals surface area contributed by atoms with Gasteiger partial charge < -0.3 is 5.73 Å². The maximum atomic E-state index is 5.88. The average molecular weight is 324 g/mol. The molecule has 7 heteroatoms. The lowest BCUT2D eigenvalue weighted by atomic mass is 10.2. The van der Waals surface area contributed by atoms with Crippen LogP contribution in [0.5, 0.6) is 0 Å². The number of nitrogens with two attached hydrogens (primary N) is 1. The monoisotopic (exact) mass is 323 g/mol. The van der Waals surface area contributed by atoms with Gasteiger partial charge in [0.2, 0.25) is 4.96 Å². The smallest absolute Gasteiger partial charge is 0.234 e. The van der Waals surface area contributed by atoms with Crippen LogP contribution in [0.15, 0.2) is 22.7 Å².